The highest BCUT2D eigenvalue weighted by molar-refractivity contribution is 7.78. The summed E-state index contributed by atoms with van der Waals surface area (Å²) >= 11 is 4.61. The van der Waals surface area contributed by atoms with Crippen LogP contribution in [0.3, 0.4) is 0 Å². The zero-order valence-corrected chi connectivity index (χ0v) is 10.6. The lowest BCUT2D eigenvalue weighted by atomic mass is 10.3. The Balaban J connectivity index is 1.87. The average Bonchev–Trinajstić information content (AvgIpc) is 2.85. The number of isothiocyanates is 1. The molecule has 3 nitrogen and oxygen atoms in total. The summed E-state index contributed by atoms with van der Waals surface area (Å²) in [7, 11) is 0. The molecule has 0 aromatic heterocycles. The number of likely N-dealkylation sites (tertiary alicyclic amines) is 1. The molecule has 0 atom stereocenters. The Morgan fingerprint density at radius 3 is 2.82 bits per heavy atom. The molecule has 4 heteroatoms. The quantitative estimate of drug-likeness (QED) is 0.591. The second-order valence-electron chi connectivity index (χ2n) is 4.07. The Morgan fingerprint density at radius 1 is 1.29 bits per heavy atom. The fourth-order valence-electron chi connectivity index (χ4n) is 2.01. The molecular weight excluding hydrogens is 232 g/mol. The molecule has 0 radical (unpaired) electrons. The van der Waals surface area contributed by atoms with Gasteiger partial charge in [0.05, 0.1) is 5.16 Å². The van der Waals surface area contributed by atoms with Gasteiger partial charge in [-0.1, -0.05) is 12.1 Å². The Hall–Kier alpha value is -1.22. The van der Waals surface area contributed by atoms with E-state index in [-0.39, 0.29) is 0 Å². The first-order chi connectivity index (χ1) is 8.40. The van der Waals surface area contributed by atoms with Gasteiger partial charge in [0.25, 0.3) is 0 Å². The summed E-state index contributed by atoms with van der Waals surface area (Å²) in [4.78, 5) is 6.40. The third-order valence-corrected chi connectivity index (χ3v) is 2.99. The van der Waals surface area contributed by atoms with E-state index >= 15 is 0 Å². The van der Waals surface area contributed by atoms with E-state index in [9.17, 15) is 0 Å². The third-order valence-electron chi connectivity index (χ3n) is 2.90. The van der Waals surface area contributed by atoms with Crippen molar-refractivity contribution in [3.05, 3.63) is 24.3 Å². The molecule has 0 N–H and O–H groups in total. The van der Waals surface area contributed by atoms with E-state index in [0.29, 0.717) is 6.61 Å². The van der Waals surface area contributed by atoms with Crippen molar-refractivity contribution in [2.45, 2.75) is 12.8 Å². The number of nitrogens with zero attached hydrogens (tertiary/aromatic N) is 2. The topological polar surface area (TPSA) is 24.8 Å². The molecule has 1 aromatic carbocycles. The minimum atomic E-state index is 0.698. The van der Waals surface area contributed by atoms with Crippen LogP contribution in [-0.4, -0.2) is 36.3 Å². The maximum Gasteiger partial charge on any atom is 0.145 e. The molecule has 17 heavy (non-hydrogen) atoms. The van der Waals surface area contributed by atoms with Crippen LogP contribution in [0.2, 0.25) is 0 Å². The third kappa shape index (κ3) is 3.63. The number of ether oxygens (including phenoxy) is 1. The summed E-state index contributed by atoms with van der Waals surface area (Å²) in [6.07, 6.45) is 2.62. The highest BCUT2D eigenvalue weighted by Crippen LogP contribution is 2.26. The zero-order valence-electron chi connectivity index (χ0n) is 9.76. The van der Waals surface area contributed by atoms with E-state index in [2.05, 4.69) is 27.3 Å². The fraction of sp³-hybridized carbons (Fsp3) is 0.462. The molecule has 90 valence electrons. The normalized spacial score (nSPS) is 15.5. The minimum Gasteiger partial charge on any atom is -0.490 e. The highest BCUT2D eigenvalue weighted by Gasteiger charge is 2.11. The fourth-order valence-corrected chi connectivity index (χ4v) is 2.11. The molecule has 0 unspecified atom stereocenters. The number of thiocarbonyl (C=S) groups is 1. The number of benzene rings is 1. The van der Waals surface area contributed by atoms with Crippen LogP contribution in [0.1, 0.15) is 12.8 Å². The lowest BCUT2D eigenvalue weighted by Gasteiger charge is -2.15. The summed E-state index contributed by atoms with van der Waals surface area (Å²) in [5, 5.41) is 2.37. The Morgan fingerprint density at radius 2 is 2.06 bits per heavy atom. The second kappa shape index (κ2) is 6.50. The summed E-state index contributed by atoms with van der Waals surface area (Å²) in [6, 6.07) is 7.65. The van der Waals surface area contributed by atoms with Gasteiger partial charge in [-0.2, -0.15) is 4.99 Å². The molecule has 0 aliphatic carbocycles. The molecule has 1 fully saturated rings. The molecule has 1 aromatic rings. The first-order valence-electron chi connectivity index (χ1n) is 5.92. The smallest absolute Gasteiger partial charge is 0.145 e. The zero-order chi connectivity index (χ0) is 11.9. The summed E-state index contributed by atoms with van der Waals surface area (Å²) in [6.45, 7) is 4.08. The summed E-state index contributed by atoms with van der Waals surface area (Å²) in [5.74, 6) is 0.782. The van der Waals surface area contributed by atoms with Crippen LogP contribution < -0.4 is 4.74 Å². The van der Waals surface area contributed by atoms with Crippen molar-refractivity contribution in [1.29, 1.82) is 0 Å². The van der Waals surface area contributed by atoms with Crippen molar-refractivity contribution >= 4 is 23.1 Å². The van der Waals surface area contributed by atoms with Crippen molar-refractivity contribution < 1.29 is 4.74 Å². The van der Waals surface area contributed by atoms with E-state index in [0.717, 1.165) is 18.0 Å². The van der Waals surface area contributed by atoms with Gasteiger partial charge in [-0.3, -0.25) is 4.90 Å². The van der Waals surface area contributed by atoms with Gasteiger partial charge in [-0.25, -0.2) is 0 Å². The molecule has 1 heterocycles. The predicted molar refractivity (Wildman–Crippen MR) is 72.3 cm³/mol. The van der Waals surface area contributed by atoms with Gasteiger partial charge in [0, 0.05) is 6.54 Å². The number of hydrogen-bond acceptors (Lipinski definition) is 4. The predicted octanol–water partition coefficient (Wildman–Crippen LogP) is 2.90. The monoisotopic (exact) mass is 248 g/mol. The van der Waals surface area contributed by atoms with Crippen LogP contribution in [0.25, 0.3) is 0 Å². The van der Waals surface area contributed by atoms with E-state index < -0.39 is 0 Å². The van der Waals surface area contributed by atoms with Crippen LogP contribution in [-0.2, 0) is 0 Å². The standard InChI is InChI=1S/C13H16N2OS/c17-11-14-12-5-1-2-6-13(12)16-10-9-15-7-3-4-8-15/h1-2,5-6H,3-4,7-10H2. The van der Waals surface area contributed by atoms with Gasteiger partial charge in [0.1, 0.15) is 18.0 Å². The molecule has 1 aliphatic rings. The molecule has 0 bridgehead atoms. The SMILES string of the molecule is S=C=Nc1ccccc1OCCN1CCCC1. The molecular formula is C13H16N2OS. The van der Waals surface area contributed by atoms with Crippen molar-refractivity contribution in [3.63, 3.8) is 0 Å². The minimum absolute atomic E-state index is 0.698. The number of hydrogen-bond donors (Lipinski definition) is 0. The summed E-state index contributed by atoms with van der Waals surface area (Å²) in [5.41, 5.74) is 0.754. The van der Waals surface area contributed by atoms with E-state index in [4.69, 9.17) is 4.74 Å². The molecule has 1 aliphatic heterocycles. The highest BCUT2D eigenvalue weighted by atomic mass is 32.1. The lowest BCUT2D eigenvalue weighted by molar-refractivity contribution is 0.238. The second-order valence-corrected chi connectivity index (χ2v) is 4.25. The van der Waals surface area contributed by atoms with Gasteiger partial charge in [0.2, 0.25) is 0 Å². The van der Waals surface area contributed by atoms with E-state index in [1.807, 2.05) is 24.3 Å². The van der Waals surface area contributed by atoms with Crippen LogP contribution in [0, 0.1) is 0 Å². The van der Waals surface area contributed by atoms with Gasteiger partial charge in [0.15, 0.2) is 0 Å². The van der Waals surface area contributed by atoms with Crippen LogP contribution in [0.4, 0.5) is 5.69 Å². The van der Waals surface area contributed by atoms with Crippen molar-refractivity contribution in [1.82, 2.24) is 4.90 Å². The number of para-hydroxylation sites is 2. The maximum absolute atomic E-state index is 5.73. The average molecular weight is 248 g/mol. The van der Waals surface area contributed by atoms with Crippen LogP contribution in [0.5, 0.6) is 5.75 Å². The number of aliphatic imine (C=N–C) groups is 1. The maximum atomic E-state index is 5.73. The van der Waals surface area contributed by atoms with Gasteiger partial charge < -0.3 is 4.74 Å². The molecule has 1 saturated heterocycles. The Labute approximate surface area is 107 Å². The first kappa shape index (κ1) is 12.2. The molecule has 0 spiro atoms. The molecule has 0 amide bonds. The van der Waals surface area contributed by atoms with Gasteiger partial charge in [-0.15, -0.1) is 0 Å². The first-order valence-corrected chi connectivity index (χ1v) is 6.33. The molecule has 2 rings (SSSR count). The van der Waals surface area contributed by atoms with E-state index in [1.165, 1.54) is 25.9 Å². The van der Waals surface area contributed by atoms with Crippen molar-refractivity contribution in [3.8, 4) is 5.75 Å². The molecule has 0 saturated carbocycles. The Kier molecular flexibility index (Phi) is 4.68. The van der Waals surface area contributed by atoms with Crippen molar-refractivity contribution in [2.24, 2.45) is 4.99 Å². The Bertz CT molecular complexity index is 410. The van der Waals surface area contributed by atoms with Crippen LogP contribution in [0.15, 0.2) is 29.3 Å². The largest absolute Gasteiger partial charge is 0.490 e. The number of rotatable bonds is 5. The summed E-state index contributed by atoms with van der Waals surface area (Å²) < 4.78 is 5.73. The van der Waals surface area contributed by atoms with E-state index in [1.54, 1.807) is 0 Å². The van der Waals surface area contributed by atoms with Gasteiger partial charge in [-0.05, 0) is 50.3 Å². The van der Waals surface area contributed by atoms with Crippen molar-refractivity contribution in [2.75, 3.05) is 26.2 Å². The lowest BCUT2D eigenvalue weighted by Crippen LogP contribution is -2.25. The van der Waals surface area contributed by atoms with Crippen LogP contribution >= 0.6 is 12.2 Å². The van der Waals surface area contributed by atoms with Gasteiger partial charge >= 0.3 is 0 Å².